The van der Waals surface area contributed by atoms with Gasteiger partial charge in [-0.2, -0.15) is 5.10 Å². The number of aromatic amines is 1. The Morgan fingerprint density at radius 3 is 2.67 bits per heavy atom. The Bertz CT molecular complexity index is 1170. The van der Waals surface area contributed by atoms with Gasteiger partial charge in [0.25, 0.3) is 5.91 Å². The molecule has 4 aromatic rings. The van der Waals surface area contributed by atoms with Crippen molar-refractivity contribution in [3.63, 3.8) is 0 Å². The van der Waals surface area contributed by atoms with Crippen molar-refractivity contribution < 1.29 is 4.79 Å². The van der Waals surface area contributed by atoms with Gasteiger partial charge in [0.2, 0.25) is 0 Å². The molecule has 0 spiro atoms. The molecular formula is C22H23N7O. The van der Waals surface area contributed by atoms with Gasteiger partial charge in [0.1, 0.15) is 11.4 Å². The van der Waals surface area contributed by atoms with Gasteiger partial charge in [-0.25, -0.2) is 4.68 Å². The summed E-state index contributed by atoms with van der Waals surface area (Å²) in [5.74, 6) is -0.0293. The molecular weight excluding hydrogens is 378 g/mol. The SMILES string of the molecule is CN1CCC(NC(=O)c2ccc(-n3cc(-c4n[nH]c5ccccc45)nn3)cc2)CC1. The largest absolute Gasteiger partial charge is 0.349 e. The van der Waals surface area contributed by atoms with E-state index in [4.69, 9.17) is 0 Å². The maximum absolute atomic E-state index is 12.6. The van der Waals surface area contributed by atoms with E-state index in [9.17, 15) is 4.79 Å². The van der Waals surface area contributed by atoms with Gasteiger partial charge in [-0.3, -0.25) is 9.89 Å². The molecule has 8 nitrogen and oxygen atoms in total. The van der Waals surface area contributed by atoms with Gasteiger partial charge in [0.15, 0.2) is 0 Å². The lowest BCUT2D eigenvalue weighted by Gasteiger charge is -2.29. The highest BCUT2D eigenvalue weighted by atomic mass is 16.1. The van der Waals surface area contributed by atoms with Crippen LogP contribution in [0, 0.1) is 0 Å². The Morgan fingerprint density at radius 2 is 1.87 bits per heavy atom. The monoisotopic (exact) mass is 401 g/mol. The fourth-order valence-electron chi connectivity index (χ4n) is 3.84. The molecule has 1 aliphatic heterocycles. The highest BCUT2D eigenvalue weighted by Crippen LogP contribution is 2.24. The Hall–Kier alpha value is -3.52. The molecule has 152 valence electrons. The van der Waals surface area contributed by atoms with Crippen molar-refractivity contribution in [2.24, 2.45) is 0 Å². The van der Waals surface area contributed by atoms with Crippen molar-refractivity contribution in [2.75, 3.05) is 20.1 Å². The minimum absolute atomic E-state index is 0.0293. The van der Waals surface area contributed by atoms with Crippen LogP contribution in [-0.4, -0.2) is 62.2 Å². The number of likely N-dealkylation sites (tertiary alicyclic amines) is 1. The number of nitrogens with one attached hydrogen (secondary N) is 2. The van der Waals surface area contributed by atoms with Gasteiger partial charge >= 0.3 is 0 Å². The number of carbonyl (C=O) groups is 1. The molecule has 0 atom stereocenters. The standard InChI is InChI=1S/C22H23N7O/c1-28-12-10-16(11-13-28)23-22(30)15-6-8-17(9-7-15)29-14-20(25-27-29)21-18-4-2-3-5-19(18)24-26-21/h2-9,14,16H,10-13H2,1H3,(H,23,30)(H,24,26). The summed E-state index contributed by atoms with van der Waals surface area (Å²) in [5.41, 5.74) is 3.91. The topological polar surface area (TPSA) is 91.7 Å². The molecule has 30 heavy (non-hydrogen) atoms. The number of nitrogens with zero attached hydrogens (tertiary/aromatic N) is 5. The van der Waals surface area contributed by atoms with Crippen LogP contribution < -0.4 is 5.32 Å². The lowest BCUT2D eigenvalue weighted by atomic mass is 10.0. The van der Waals surface area contributed by atoms with Crippen LogP contribution in [0.25, 0.3) is 28.0 Å². The van der Waals surface area contributed by atoms with E-state index in [1.165, 1.54) is 0 Å². The second-order valence-corrected chi connectivity index (χ2v) is 7.76. The second kappa shape index (κ2) is 7.72. The number of aromatic nitrogens is 5. The minimum Gasteiger partial charge on any atom is -0.349 e. The van der Waals surface area contributed by atoms with Crippen LogP contribution in [0.1, 0.15) is 23.2 Å². The number of fused-ring (bicyclic) bond motifs is 1. The summed E-state index contributed by atoms with van der Waals surface area (Å²) < 4.78 is 1.69. The molecule has 1 aliphatic rings. The van der Waals surface area contributed by atoms with Crippen molar-refractivity contribution in [3.05, 3.63) is 60.3 Å². The summed E-state index contributed by atoms with van der Waals surface area (Å²) in [6.45, 7) is 2.04. The first kappa shape index (κ1) is 18.5. The number of para-hydroxylation sites is 1. The van der Waals surface area contributed by atoms with E-state index in [0.29, 0.717) is 11.3 Å². The number of amides is 1. The van der Waals surface area contributed by atoms with E-state index in [0.717, 1.165) is 48.2 Å². The summed E-state index contributed by atoms with van der Waals surface area (Å²) in [4.78, 5) is 14.8. The number of hydrogen-bond donors (Lipinski definition) is 2. The maximum atomic E-state index is 12.6. The first-order valence-electron chi connectivity index (χ1n) is 10.1. The average Bonchev–Trinajstić information content (AvgIpc) is 3.42. The molecule has 0 unspecified atom stereocenters. The summed E-state index contributed by atoms with van der Waals surface area (Å²) in [6.07, 6.45) is 3.82. The third kappa shape index (κ3) is 3.57. The third-order valence-electron chi connectivity index (χ3n) is 5.65. The predicted molar refractivity (Wildman–Crippen MR) is 114 cm³/mol. The predicted octanol–water partition coefficient (Wildman–Crippen LogP) is 2.63. The highest BCUT2D eigenvalue weighted by Gasteiger charge is 2.19. The van der Waals surface area contributed by atoms with E-state index in [-0.39, 0.29) is 11.9 Å². The second-order valence-electron chi connectivity index (χ2n) is 7.76. The molecule has 5 rings (SSSR count). The zero-order valence-electron chi connectivity index (χ0n) is 16.7. The molecule has 0 aliphatic carbocycles. The van der Waals surface area contributed by atoms with Crippen LogP contribution in [0.3, 0.4) is 0 Å². The third-order valence-corrected chi connectivity index (χ3v) is 5.65. The zero-order chi connectivity index (χ0) is 20.5. The van der Waals surface area contributed by atoms with Crippen LogP contribution in [0.2, 0.25) is 0 Å². The molecule has 1 fully saturated rings. The van der Waals surface area contributed by atoms with Crippen LogP contribution >= 0.6 is 0 Å². The molecule has 2 aromatic carbocycles. The number of rotatable bonds is 4. The molecule has 8 heteroatoms. The molecule has 0 radical (unpaired) electrons. The van der Waals surface area contributed by atoms with Crippen molar-refractivity contribution in [2.45, 2.75) is 18.9 Å². The van der Waals surface area contributed by atoms with Crippen LogP contribution in [0.4, 0.5) is 0 Å². The molecule has 2 aromatic heterocycles. The fraction of sp³-hybridized carbons (Fsp3) is 0.273. The maximum Gasteiger partial charge on any atom is 0.251 e. The van der Waals surface area contributed by atoms with Crippen molar-refractivity contribution in [1.29, 1.82) is 0 Å². The van der Waals surface area contributed by atoms with Gasteiger partial charge in [-0.15, -0.1) is 5.10 Å². The number of piperidine rings is 1. The van der Waals surface area contributed by atoms with Crippen molar-refractivity contribution in [1.82, 2.24) is 35.4 Å². The molecule has 2 N–H and O–H groups in total. The Labute approximate surface area is 173 Å². The van der Waals surface area contributed by atoms with Crippen molar-refractivity contribution >= 4 is 16.8 Å². The van der Waals surface area contributed by atoms with Gasteiger partial charge in [0.05, 0.1) is 17.4 Å². The molecule has 0 bridgehead atoms. The summed E-state index contributed by atoms with van der Waals surface area (Å²) >= 11 is 0. The Morgan fingerprint density at radius 1 is 1.10 bits per heavy atom. The molecule has 1 saturated heterocycles. The Kier molecular flexibility index (Phi) is 4.76. The highest BCUT2D eigenvalue weighted by molar-refractivity contribution is 5.94. The van der Waals surface area contributed by atoms with Crippen LogP contribution in [0.5, 0.6) is 0 Å². The van der Waals surface area contributed by atoms with Gasteiger partial charge in [-0.05, 0) is 63.3 Å². The summed E-state index contributed by atoms with van der Waals surface area (Å²) in [6, 6.07) is 15.6. The van der Waals surface area contributed by atoms with E-state index < -0.39 is 0 Å². The quantitative estimate of drug-likeness (QED) is 0.549. The summed E-state index contributed by atoms with van der Waals surface area (Å²) in [5, 5.41) is 20.0. The molecule has 0 saturated carbocycles. The molecule has 1 amide bonds. The minimum atomic E-state index is -0.0293. The number of carbonyl (C=O) groups excluding carboxylic acids is 1. The lowest BCUT2D eigenvalue weighted by Crippen LogP contribution is -2.43. The van der Waals surface area contributed by atoms with E-state index >= 15 is 0 Å². The average molecular weight is 401 g/mol. The van der Waals surface area contributed by atoms with E-state index in [1.54, 1.807) is 4.68 Å². The number of hydrogen-bond acceptors (Lipinski definition) is 5. The number of benzene rings is 2. The first-order valence-corrected chi connectivity index (χ1v) is 10.1. The van der Waals surface area contributed by atoms with Crippen LogP contribution in [0.15, 0.2) is 54.7 Å². The van der Waals surface area contributed by atoms with Gasteiger partial charge in [-0.1, -0.05) is 23.4 Å². The normalized spacial score (nSPS) is 15.5. The zero-order valence-corrected chi connectivity index (χ0v) is 16.7. The smallest absolute Gasteiger partial charge is 0.251 e. The van der Waals surface area contributed by atoms with E-state index in [1.807, 2.05) is 54.7 Å². The lowest BCUT2D eigenvalue weighted by molar-refractivity contribution is 0.0917. The first-order chi connectivity index (χ1) is 14.7. The van der Waals surface area contributed by atoms with Gasteiger partial charge in [0, 0.05) is 17.0 Å². The summed E-state index contributed by atoms with van der Waals surface area (Å²) in [7, 11) is 2.11. The fourth-order valence-corrected chi connectivity index (χ4v) is 3.84. The van der Waals surface area contributed by atoms with Crippen LogP contribution in [-0.2, 0) is 0 Å². The number of H-pyrrole nitrogens is 1. The van der Waals surface area contributed by atoms with Gasteiger partial charge < -0.3 is 10.2 Å². The molecule has 3 heterocycles. The van der Waals surface area contributed by atoms with Crippen molar-refractivity contribution in [3.8, 4) is 17.1 Å². The van der Waals surface area contributed by atoms with E-state index in [2.05, 4.69) is 37.8 Å². The Balaban J connectivity index is 1.31.